The van der Waals surface area contributed by atoms with Crippen LogP contribution in [0.1, 0.15) is 0 Å². The Balaban J connectivity index is 0.000000192. The first kappa shape index (κ1) is 19.1. The average molecular weight is 442 g/mol. The molecule has 4 rings (SSSR count). The number of hydrogen-bond donors (Lipinski definition) is 1. The van der Waals surface area contributed by atoms with Crippen molar-refractivity contribution in [3.05, 3.63) is 91.8 Å². The number of rotatable bonds is 3. The zero-order chi connectivity index (χ0) is 20.1. The van der Waals surface area contributed by atoms with Gasteiger partial charge in [-0.3, -0.25) is 20.2 Å². The van der Waals surface area contributed by atoms with Crippen molar-refractivity contribution in [1.82, 2.24) is 15.0 Å². The Bertz CT molecular complexity index is 1130. The van der Waals surface area contributed by atoms with Crippen LogP contribution in [0.2, 0.25) is 0 Å². The highest BCUT2D eigenvalue weighted by molar-refractivity contribution is 9.10. The van der Waals surface area contributed by atoms with Crippen molar-refractivity contribution in [2.75, 3.05) is 0 Å². The van der Waals surface area contributed by atoms with Crippen molar-refractivity contribution in [3.63, 3.8) is 0 Å². The molecule has 28 heavy (non-hydrogen) atoms. The summed E-state index contributed by atoms with van der Waals surface area (Å²) >= 11 is 2.94. The van der Waals surface area contributed by atoms with Crippen LogP contribution in [0, 0.1) is 20.2 Å². The largest absolute Gasteiger partial charge is 0.353 e. The predicted molar refractivity (Wildman–Crippen MR) is 107 cm³/mol. The number of para-hydroxylation sites is 1. The lowest BCUT2D eigenvalue weighted by molar-refractivity contribution is -0.386. The van der Waals surface area contributed by atoms with Gasteiger partial charge >= 0.3 is 5.69 Å². The topological polar surface area (TPSA) is 128 Å². The molecule has 0 bridgehead atoms. The van der Waals surface area contributed by atoms with Gasteiger partial charge < -0.3 is 4.98 Å². The average Bonchev–Trinajstić information content (AvgIpc) is 3.13. The Labute approximate surface area is 166 Å². The third-order valence-electron chi connectivity index (χ3n) is 3.70. The van der Waals surface area contributed by atoms with Crippen molar-refractivity contribution in [2.45, 2.75) is 0 Å². The van der Waals surface area contributed by atoms with E-state index in [2.05, 4.69) is 30.9 Å². The maximum atomic E-state index is 11.0. The molecule has 1 N–H and O–H groups in total. The smallest absolute Gasteiger partial charge is 0.301 e. The van der Waals surface area contributed by atoms with Crippen molar-refractivity contribution >= 4 is 38.2 Å². The summed E-state index contributed by atoms with van der Waals surface area (Å²) in [4.78, 5) is 31.1. The Morgan fingerprint density at radius 1 is 0.857 bits per heavy atom. The fourth-order valence-electron chi connectivity index (χ4n) is 2.47. The van der Waals surface area contributed by atoms with Crippen LogP contribution in [0.25, 0.3) is 22.3 Å². The number of benzene rings is 1. The number of halogens is 1. The second-order valence-electron chi connectivity index (χ2n) is 5.47. The molecule has 140 valence electrons. The van der Waals surface area contributed by atoms with Gasteiger partial charge in [0.2, 0.25) is 0 Å². The molecule has 0 saturated heterocycles. The molecule has 9 nitrogen and oxygen atoms in total. The van der Waals surface area contributed by atoms with Crippen LogP contribution in [0.4, 0.5) is 11.4 Å². The predicted octanol–water partition coefficient (Wildman–Crippen LogP) is 4.89. The minimum absolute atomic E-state index is 0.00376. The van der Waals surface area contributed by atoms with E-state index in [4.69, 9.17) is 0 Å². The highest BCUT2D eigenvalue weighted by Gasteiger charge is 2.17. The minimum atomic E-state index is -0.489. The fraction of sp³-hybridized carbons (Fsp3) is 0. The molecule has 3 heterocycles. The molecule has 0 saturated carbocycles. The van der Waals surface area contributed by atoms with E-state index in [1.54, 1.807) is 12.3 Å². The number of pyridine rings is 2. The molecule has 0 radical (unpaired) electrons. The third kappa shape index (κ3) is 4.18. The maximum Gasteiger partial charge on any atom is 0.301 e. The van der Waals surface area contributed by atoms with Crippen LogP contribution in [0.5, 0.6) is 0 Å². The van der Waals surface area contributed by atoms with Gasteiger partial charge in [-0.1, -0.05) is 18.2 Å². The standard InChI is InChI=1S/C13H9N3O2.C5H3BrN2O2/c17-16(18)12-6-3-7-14-13(12)11-8-9-4-1-2-5-10(9)15-11;6-5-4(8(9)10)2-1-3-7-5/h1-8,15H;1-3H. The van der Waals surface area contributed by atoms with Gasteiger partial charge in [-0.25, -0.2) is 9.97 Å². The number of hydrogen-bond acceptors (Lipinski definition) is 6. The summed E-state index contributed by atoms with van der Waals surface area (Å²) in [6, 6.07) is 15.5. The lowest BCUT2D eigenvalue weighted by Gasteiger charge is -1.98. The van der Waals surface area contributed by atoms with E-state index in [9.17, 15) is 20.2 Å². The summed E-state index contributed by atoms with van der Waals surface area (Å²) in [6.45, 7) is 0. The van der Waals surface area contributed by atoms with E-state index in [1.807, 2.05) is 30.3 Å². The van der Waals surface area contributed by atoms with Crippen LogP contribution in [0.15, 0.2) is 71.6 Å². The molecule has 1 aromatic carbocycles. The maximum absolute atomic E-state index is 11.0. The normalized spacial score (nSPS) is 10.2. The van der Waals surface area contributed by atoms with Crippen molar-refractivity contribution in [3.8, 4) is 11.4 Å². The SMILES string of the molecule is O=[N+]([O-])c1cccnc1-c1cc2ccccc2[nH]1.O=[N+]([O-])c1cccnc1Br. The van der Waals surface area contributed by atoms with Crippen molar-refractivity contribution < 1.29 is 9.85 Å². The zero-order valence-corrected chi connectivity index (χ0v) is 15.7. The van der Waals surface area contributed by atoms with Gasteiger partial charge in [-0.15, -0.1) is 0 Å². The van der Waals surface area contributed by atoms with E-state index in [1.165, 1.54) is 24.4 Å². The lowest BCUT2D eigenvalue weighted by Crippen LogP contribution is -1.93. The molecular formula is C18H12BrN5O4. The van der Waals surface area contributed by atoms with Crippen LogP contribution in [-0.4, -0.2) is 24.8 Å². The van der Waals surface area contributed by atoms with Gasteiger partial charge in [0.05, 0.1) is 15.5 Å². The number of nitrogens with one attached hydrogen (secondary N) is 1. The Morgan fingerprint density at radius 2 is 1.50 bits per heavy atom. The molecule has 10 heteroatoms. The zero-order valence-electron chi connectivity index (χ0n) is 14.2. The number of H-pyrrole nitrogens is 1. The molecule has 0 spiro atoms. The van der Waals surface area contributed by atoms with Gasteiger partial charge in [-0.05, 0) is 40.2 Å². The van der Waals surface area contributed by atoms with Crippen molar-refractivity contribution in [2.24, 2.45) is 0 Å². The second-order valence-corrected chi connectivity index (χ2v) is 6.22. The first-order valence-corrected chi connectivity index (χ1v) is 8.69. The number of aromatic amines is 1. The van der Waals surface area contributed by atoms with Crippen LogP contribution >= 0.6 is 15.9 Å². The summed E-state index contributed by atoms with van der Waals surface area (Å²) < 4.78 is 0.264. The summed E-state index contributed by atoms with van der Waals surface area (Å²) in [5.41, 5.74) is 1.95. The molecule has 0 unspecified atom stereocenters. The number of fused-ring (bicyclic) bond motifs is 1. The van der Waals surface area contributed by atoms with Gasteiger partial charge in [-0.2, -0.15) is 0 Å². The van der Waals surface area contributed by atoms with Gasteiger partial charge in [0.1, 0.15) is 0 Å². The second kappa shape index (κ2) is 8.35. The van der Waals surface area contributed by atoms with Crippen LogP contribution in [-0.2, 0) is 0 Å². The highest BCUT2D eigenvalue weighted by atomic mass is 79.9. The lowest BCUT2D eigenvalue weighted by atomic mass is 10.2. The van der Waals surface area contributed by atoms with E-state index < -0.39 is 9.85 Å². The van der Waals surface area contributed by atoms with Gasteiger partial charge in [0.25, 0.3) is 5.69 Å². The Hall–Kier alpha value is -3.66. The van der Waals surface area contributed by atoms with Gasteiger partial charge in [0.15, 0.2) is 10.3 Å². The molecule has 0 fully saturated rings. The van der Waals surface area contributed by atoms with E-state index in [0.29, 0.717) is 11.4 Å². The molecule has 0 aliphatic heterocycles. The van der Waals surface area contributed by atoms with E-state index in [-0.39, 0.29) is 16.0 Å². The first-order chi connectivity index (χ1) is 13.5. The Morgan fingerprint density at radius 3 is 2.11 bits per heavy atom. The van der Waals surface area contributed by atoms with Crippen LogP contribution in [0.3, 0.4) is 0 Å². The fourth-order valence-corrected chi connectivity index (χ4v) is 2.86. The summed E-state index contributed by atoms with van der Waals surface area (Å²) in [5.74, 6) is 0. The van der Waals surface area contributed by atoms with Crippen molar-refractivity contribution in [1.29, 1.82) is 0 Å². The number of aromatic nitrogens is 3. The van der Waals surface area contributed by atoms with Crippen LogP contribution < -0.4 is 0 Å². The third-order valence-corrected chi connectivity index (χ3v) is 4.32. The van der Waals surface area contributed by atoms with Gasteiger partial charge in [0, 0.05) is 35.4 Å². The highest BCUT2D eigenvalue weighted by Crippen LogP contribution is 2.29. The number of nitro groups is 2. The summed E-state index contributed by atoms with van der Waals surface area (Å²) in [5, 5.41) is 22.1. The Kier molecular flexibility index (Phi) is 5.70. The quantitative estimate of drug-likeness (QED) is 0.273. The molecule has 0 amide bonds. The molecule has 0 aliphatic carbocycles. The molecule has 4 aromatic rings. The molecule has 0 atom stereocenters. The molecular weight excluding hydrogens is 430 g/mol. The summed E-state index contributed by atoms with van der Waals surface area (Å²) in [7, 11) is 0. The minimum Gasteiger partial charge on any atom is -0.353 e. The number of nitrogens with zero attached hydrogens (tertiary/aromatic N) is 4. The molecule has 3 aromatic heterocycles. The van der Waals surface area contributed by atoms with E-state index >= 15 is 0 Å². The first-order valence-electron chi connectivity index (χ1n) is 7.90. The monoisotopic (exact) mass is 441 g/mol. The van der Waals surface area contributed by atoms with E-state index in [0.717, 1.165) is 10.9 Å². The summed E-state index contributed by atoms with van der Waals surface area (Å²) in [6.07, 6.45) is 3.03. The molecule has 0 aliphatic rings.